The summed E-state index contributed by atoms with van der Waals surface area (Å²) in [4.78, 5) is 15.5. The molecule has 3 aromatic rings. The van der Waals surface area contributed by atoms with E-state index in [1.807, 2.05) is 6.92 Å². The topological polar surface area (TPSA) is 63.3 Å². The Morgan fingerprint density at radius 2 is 1.96 bits per heavy atom. The minimum Gasteiger partial charge on any atom is -0.493 e. The Hall–Kier alpha value is -3.16. The third-order valence-electron chi connectivity index (χ3n) is 4.35. The van der Waals surface area contributed by atoms with Gasteiger partial charge in [-0.25, -0.2) is 4.39 Å². The summed E-state index contributed by atoms with van der Waals surface area (Å²) in [5, 5.41) is 3.43. The molecule has 0 spiro atoms. The van der Waals surface area contributed by atoms with E-state index >= 15 is 0 Å². The number of benzene rings is 2. The lowest BCUT2D eigenvalue weighted by Gasteiger charge is -2.12. The van der Waals surface area contributed by atoms with Crippen LogP contribution in [-0.2, 0) is 17.8 Å². The van der Waals surface area contributed by atoms with E-state index in [9.17, 15) is 18.0 Å². The highest BCUT2D eigenvalue weighted by atomic mass is 19.3. The van der Waals surface area contributed by atoms with Gasteiger partial charge in [0.05, 0.1) is 13.5 Å². The first-order valence-corrected chi connectivity index (χ1v) is 8.52. The Kier molecular flexibility index (Phi) is 5.77. The number of amides is 1. The quantitative estimate of drug-likeness (QED) is 0.637. The highest BCUT2D eigenvalue weighted by Gasteiger charge is 2.14. The van der Waals surface area contributed by atoms with E-state index in [4.69, 9.17) is 4.74 Å². The summed E-state index contributed by atoms with van der Waals surface area (Å²) in [5.74, 6) is -0.550. The second-order valence-electron chi connectivity index (χ2n) is 6.24. The van der Waals surface area contributed by atoms with Gasteiger partial charge in [-0.2, -0.15) is 8.78 Å². The molecule has 0 atom stereocenters. The maximum Gasteiger partial charge on any atom is 0.387 e. The molecule has 0 aliphatic carbocycles. The minimum absolute atomic E-state index is 0.0796. The molecule has 5 nitrogen and oxygen atoms in total. The van der Waals surface area contributed by atoms with Crippen molar-refractivity contribution >= 4 is 16.8 Å². The molecule has 0 radical (unpaired) electrons. The highest BCUT2D eigenvalue weighted by Crippen LogP contribution is 2.29. The second kappa shape index (κ2) is 8.24. The fraction of sp³-hybridized carbons (Fsp3) is 0.250. The van der Waals surface area contributed by atoms with Crippen LogP contribution >= 0.6 is 0 Å². The van der Waals surface area contributed by atoms with Crippen molar-refractivity contribution in [3.63, 3.8) is 0 Å². The SMILES string of the molecule is COc1cc(CNC(=O)Cc2c(C)[nH]c3ccc(F)cc23)ccc1OC(F)F. The number of aromatic amines is 1. The summed E-state index contributed by atoms with van der Waals surface area (Å²) in [6, 6.07) is 8.83. The fourth-order valence-corrected chi connectivity index (χ4v) is 3.02. The van der Waals surface area contributed by atoms with Gasteiger partial charge in [-0.15, -0.1) is 0 Å². The number of rotatable bonds is 7. The highest BCUT2D eigenvalue weighted by molar-refractivity contribution is 5.90. The lowest BCUT2D eigenvalue weighted by Crippen LogP contribution is -2.24. The van der Waals surface area contributed by atoms with Crippen molar-refractivity contribution in [3.8, 4) is 11.5 Å². The van der Waals surface area contributed by atoms with Gasteiger partial charge in [0, 0.05) is 23.1 Å². The van der Waals surface area contributed by atoms with Crippen LogP contribution in [-0.4, -0.2) is 24.6 Å². The molecule has 8 heteroatoms. The zero-order chi connectivity index (χ0) is 20.3. The Morgan fingerprint density at radius 1 is 1.18 bits per heavy atom. The van der Waals surface area contributed by atoms with Crippen LogP contribution in [0.2, 0.25) is 0 Å². The van der Waals surface area contributed by atoms with Gasteiger partial charge in [0.15, 0.2) is 11.5 Å². The molecule has 28 heavy (non-hydrogen) atoms. The van der Waals surface area contributed by atoms with Crippen molar-refractivity contribution in [2.75, 3.05) is 7.11 Å². The van der Waals surface area contributed by atoms with E-state index < -0.39 is 6.61 Å². The van der Waals surface area contributed by atoms with E-state index in [-0.39, 0.29) is 36.2 Å². The van der Waals surface area contributed by atoms with Crippen LogP contribution in [0.1, 0.15) is 16.8 Å². The predicted octanol–water partition coefficient (Wildman–Crippen LogP) is 4.08. The van der Waals surface area contributed by atoms with Crippen LogP contribution < -0.4 is 14.8 Å². The number of nitrogens with one attached hydrogen (secondary N) is 2. The van der Waals surface area contributed by atoms with E-state index in [1.54, 1.807) is 12.1 Å². The maximum atomic E-state index is 13.5. The van der Waals surface area contributed by atoms with Gasteiger partial charge in [-0.1, -0.05) is 6.07 Å². The van der Waals surface area contributed by atoms with E-state index in [2.05, 4.69) is 15.0 Å². The molecule has 0 saturated carbocycles. The molecule has 148 valence electrons. The number of halogens is 3. The molecule has 0 bridgehead atoms. The van der Waals surface area contributed by atoms with E-state index in [0.29, 0.717) is 10.9 Å². The number of fused-ring (bicyclic) bond motifs is 1. The van der Waals surface area contributed by atoms with Crippen LogP contribution in [0.4, 0.5) is 13.2 Å². The zero-order valence-corrected chi connectivity index (χ0v) is 15.3. The second-order valence-corrected chi connectivity index (χ2v) is 6.24. The monoisotopic (exact) mass is 392 g/mol. The molecule has 0 saturated heterocycles. The van der Waals surface area contributed by atoms with Crippen molar-refractivity contribution in [2.45, 2.75) is 26.5 Å². The first kappa shape index (κ1) is 19.6. The summed E-state index contributed by atoms with van der Waals surface area (Å²) in [6.45, 7) is -0.948. The van der Waals surface area contributed by atoms with Crippen molar-refractivity contribution < 1.29 is 27.4 Å². The van der Waals surface area contributed by atoms with E-state index in [1.165, 1.54) is 31.4 Å². The van der Waals surface area contributed by atoms with Gasteiger partial charge < -0.3 is 19.8 Å². The molecule has 0 unspecified atom stereocenters. The largest absolute Gasteiger partial charge is 0.493 e. The third kappa shape index (κ3) is 4.39. The molecule has 1 heterocycles. The fourth-order valence-electron chi connectivity index (χ4n) is 3.02. The Balaban J connectivity index is 1.68. The standard InChI is InChI=1S/C20H19F3N2O3/c1-11-14(15-8-13(21)4-5-16(15)25-11)9-19(26)24-10-12-3-6-17(28-20(22)23)18(7-12)27-2/h3-8,20,25H,9-10H2,1-2H3,(H,24,26). The molecular formula is C20H19F3N2O3. The maximum absolute atomic E-state index is 13.5. The molecule has 1 amide bonds. The molecule has 2 aromatic carbocycles. The number of aryl methyl sites for hydroxylation is 1. The normalized spacial score (nSPS) is 11.1. The first-order chi connectivity index (χ1) is 13.4. The van der Waals surface area contributed by atoms with Crippen LogP contribution in [0.15, 0.2) is 36.4 Å². The number of carbonyl (C=O) groups is 1. The van der Waals surface area contributed by atoms with Crippen molar-refractivity contribution in [1.29, 1.82) is 0 Å². The first-order valence-electron chi connectivity index (χ1n) is 8.52. The van der Waals surface area contributed by atoms with Gasteiger partial charge in [0.1, 0.15) is 5.82 Å². The van der Waals surface area contributed by atoms with Gasteiger partial charge >= 0.3 is 6.61 Å². The number of H-pyrrole nitrogens is 1. The average molecular weight is 392 g/mol. The molecule has 3 rings (SSSR count). The molecular weight excluding hydrogens is 373 g/mol. The molecule has 2 N–H and O–H groups in total. The predicted molar refractivity (Wildman–Crippen MR) is 98.2 cm³/mol. The third-order valence-corrected chi connectivity index (χ3v) is 4.35. The van der Waals surface area contributed by atoms with Crippen LogP contribution in [0.3, 0.4) is 0 Å². The summed E-state index contributed by atoms with van der Waals surface area (Å²) in [6.07, 6.45) is 0.0823. The number of hydrogen-bond acceptors (Lipinski definition) is 3. The molecule has 0 aliphatic heterocycles. The molecule has 0 fully saturated rings. The van der Waals surface area contributed by atoms with Crippen molar-refractivity contribution in [3.05, 3.63) is 59.0 Å². The number of aromatic nitrogens is 1. The molecule has 0 aliphatic rings. The zero-order valence-electron chi connectivity index (χ0n) is 15.3. The average Bonchev–Trinajstić information content (AvgIpc) is 2.95. The lowest BCUT2D eigenvalue weighted by molar-refractivity contribution is -0.120. The van der Waals surface area contributed by atoms with E-state index in [0.717, 1.165) is 16.8 Å². The van der Waals surface area contributed by atoms with Gasteiger partial charge in [0.2, 0.25) is 5.91 Å². The number of carbonyl (C=O) groups excluding carboxylic acids is 1. The van der Waals surface area contributed by atoms with Crippen molar-refractivity contribution in [1.82, 2.24) is 10.3 Å². The Bertz CT molecular complexity index is 1000. The smallest absolute Gasteiger partial charge is 0.387 e. The van der Waals surface area contributed by atoms with Gasteiger partial charge in [-0.05, 0) is 48.4 Å². The number of alkyl halides is 2. The van der Waals surface area contributed by atoms with Gasteiger partial charge in [-0.3, -0.25) is 4.79 Å². The summed E-state index contributed by atoms with van der Waals surface area (Å²) in [5.41, 5.74) is 2.95. The van der Waals surface area contributed by atoms with Crippen LogP contribution in [0, 0.1) is 12.7 Å². The Morgan fingerprint density at radius 3 is 2.68 bits per heavy atom. The van der Waals surface area contributed by atoms with Crippen LogP contribution in [0.25, 0.3) is 10.9 Å². The molecule has 1 aromatic heterocycles. The minimum atomic E-state index is -2.95. The van der Waals surface area contributed by atoms with Crippen molar-refractivity contribution in [2.24, 2.45) is 0 Å². The van der Waals surface area contributed by atoms with Gasteiger partial charge in [0.25, 0.3) is 0 Å². The summed E-state index contributed by atoms with van der Waals surface area (Å²) >= 11 is 0. The van der Waals surface area contributed by atoms with Crippen LogP contribution in [0.5, 0.6) is 11.5 Å². The lowest BCUT2D eigenvalue weighted by atomic mass is 10.1. The summed E-state index contributed by atoms with van der Waals surface area (Å²) in [7, 11) is 1.34. The number of hydrogen-bond donors (Lipinski definition) is 2. The summed E-state index contributed by atoms with van der Waals surface area (Å²) < 4.78 is 47.7. The Labute approximate surface area is 159 Å². The number of ether oxygens (including phenoxy) is 2. The number of methoxy groups -OCH3 is 1.